The van der Waals surface area contributed by atoms with E-state index in [2.05, 4.69) is 17.9 Å². The minimum absolute atomic E-state index is 0.435. The van der Waals surface area contributed by atoms with Crippen LogP contribution in [-0.2, 0) is 5.60 Å². The molecule has 3 rings (SSSR count). The van der Waals surface area contributed by atoms with Gasteiger partial charge in [0.15, 0.2) is 0 Å². The summed E-state index contributed by atoms with van der Waals surface area (Å²) in [5.74, 6) is 0.435. The first-order valence-electron chi connectivity index (χ1n) is 8.93. The first kappa shape index (κ1) is 18.7. The fraction of sp³-hybridized carbons (Fsp3) is 0.429. The van der Waals surface area contributed by atoms with Crippen LogP contribution in [0.5, 0.6) is 0 Å². The van der Waals surface area contributed by atoms with E-state index >= 15 is 0 Å². The van der Waals surface area contributed by atoms with Crippen LogP contribution in [0.1, 0.15) is 43.2 Å². The summed E-state index contributed by atoms with van der Waals surface area (Å²) in [6.45, 7) is 5.12. The molecular formula is C21H25Cl2NO. The molecule has 0 bridgehead atoms. The molecule has 1 aliphatic rings. The summed E-state index contributed by atoms with van der Waals surface area (Å²) < 4.78 is 0. The fourth-order valence-corrected chi connectivity index (χ4v) is 3.85. The summed E-state index contributed by atoms with van der Waals surface area (Å²) in [6, 6.07) is 16.0. The lowest BCUT2D eigenvalue weighted by Crippen LogP contribution is -2.43. The average molecular weight is 378 g/mol. The van der Waals surface area contributed by atoms with E-state index in [1.54, 1.807) is 0 Å². The van der Waals surface area contributed by atoms with Gasteiger partial charge in [-0.3, -0.25) is 0 Å². The van der Waals surface area contributed by atoms with E-state index < -0.39 is 5.60 Å². The van der Waals surface area contributed by atoms with E-state index in [0.717, 1.165) is 44.5 Å². The number of aliphatic hydroxyl groups is 1. The van der Waals surface area contributed by atoms with Crippen molar-refractivity contribution in [1.29, 1.82) is 0 Å². The highest BCUT2D eigenvalue weighted by molar-refractivity contribution is 6.42. The van der Waals surface area contributed by atoms with Crippen molar-refractivity contribution in [2.75, 3.05) is 19.6 Å². The Balaban J connectivity index is 1.51. The molecule has 0 aromatic heterocycles. The van der Waals surface area contributed by atoms with Gasteiger partial charge in [-0.2, -0.15) is 0 Å². The molecule has 1 fully saturated rings. The Labute approximate surface area is 160 Å². The molecular weight excluding hydrogens is 353 g/mol. The van der Waals surface area contributed by atoms with Gasteiger partial charge in [0.25, 0.3) is 0 Å². The molecule has 1 aliphatic heterocycles. The summed E-state index contributed by atoms with van der Waals surface area (Å²) in [4.78, 5) is 2.45. The first-order chi connectivity index (χ1) is 12.0. The molecule has 25 heavy (non-hydrogen) atoms. The van der Waals surface area contributed by atoms with Gasteiger partial charge >= 0.3 is 0 Å². The molecule has 1 heterocycles. The number of piperidine rings is 1. The Kier molecular flexibility index (Phi) is 6.06. The highest BCUT2D eigenvalue weighted by atomic mass is 35.5. The van der Waals surface area contributed by atoms with Crippen LogP contribution in [0.4, 0.5) is 0 Å². The zero-order valence-corrected chi connectivity index (χ0v) is 16.1. The molecule has 2 aromatic rings. The predicted octanol–water partition coefficient (Wildman–Crippen LogP) is 5.47. The third-order valence-corrected chi connectivity index (χ3v) is 6.12. The van der Waals surface area contributed by atoms with E-state index in [4.69, 9.17) is 23.2 Å². The van der Waals surface area contributed by atoms with Crippen LogP contribution in [0.15, 0.2) is 48.5 Å². The van der Waals surface area contributed by atoms with Crippen molar-refractivity contribution in [3.63, 3.8) is 0 Å². The maximum absolute atomic E-state index is 10.9. The van der Waals surface area contributed by atoms with Gasteiger partial charge in [0.05, 0.1) is 15.6 Å². The van der Waals surface area contributed by atoms with Crippen molar-refractivity contribution in [2.45, 2.75) is 37.7 Å². The van der Waals surface area contributed by atoms with Crippen LogP contribution < -0.4 is 0 Å². The molecule has 134 valence electrons. The van der Waals surface area contributed by atoms with Crippen molar-refractivity contribution in [1.82, 2.24) is 4.90 Å². The summed E-state index contributed by atoms with van der Waals surface area (Å²) >= 11 is 12.1. The third kappa shape index (κ3) is 4.57. The van der Waals surface area contributed by atoms with Crippen molar-refractivity contribution in [3.8, 4) is 0 Å². The van der Waals surface area contributed by atoms with Crippen LogP contribution in [0.25, 0.3) is 0 Å². The second kappa shape index (κ2) is 8.09. The van der Waals surface area contributed by atoms with Gasteiger partial charge in [0, 0.05) is 13.1 Å². The second-order valence-corrected chi connectivity index (χ2v) is 7.92. The van der Waals surface area contributed by atoms with Crippen LogP contribution in [0.3, 0.4) is 0 Å². The SMILES string of the molecule is CC(CCN1CCC(O)(c2ccccc2)CC1)c1ccc(Cl)c(Cl)c1. The quantitative estimate of drug-likeness (QED) is 0.746. The van der Waals surface area contributed by atoms with Crippen molar-refractivity contribution >= 4 is 23.2 Å². The number of likely N-dealkylation sites (tertiary alicyclic amines) is 1. The monoisotopic (exact) mass is 377 g/mol. The lowest BCUT2D eigenvalue weighted by Gasteiger charge is -2.39. The van der Waals surface area contributed by atoms with Gasteiger partial charge in [-0.1, -0.05) is 66.5 Å². The minimum atomic E-state index is -0.674. The number of hydrogen-bond acceptors (Lipinski definition) is 2. The first-order valence-corrected chi connectivity index (χ1v) is 9.69. The molecule has 2 nitrogen and oxygen atoms in total. The molecule has 1 unspecified atom stereocenters. The molecule has 0 amide bonds. The van der Waals surface area contributed by atoms with Crippen LogP contribution in [-0.4, -0.2) is 29.6 Å². The summed E-state index contributed by atoms with van der Waals surface area (Å²) in [5, 5.41) is 12.1. The molecule has 4 heteroatoms. The summed E-state index contributed by atoms with van der Waals surface area (Å²) in [6.07, 6.45) is 2.65. The number of benzene rings is 2. The normalized spacial score (nSPS) is 18.9. The molecule has 0 radical (unpaired) electrons. The maximum Gasteiger partial charge on any atom is 0.0920 e. The van der Waals surface area contributed by atoms with Crippen LogP contribution >= 0.6 is 23.2 Å². The van der Waals surface area contributed by atoms with Gasteiger partial charge in [-0.25, -0.2) is 0 Å². The van der Waals surface area contributed by atoms with E-state index in [-0.39, 0.29) is 0 Å². The van der Waals surface area contributed by atoms with E-state index in [1.165, 1.54) is 5.56 Å². The Morgan fingerprint density at radius 2 is 1.72 bits per heavy atom. The molecule has 0 aliphatic carbocycles. The van der Waals surface area contributed by atoms with Crippen molar-refractivity contribution in [3.05, 3.63) is 69.7 Å². The lowest BCUT2D eigenvalue weighted by molar-refractivity contribution is -0.0262. The third-order valence-electron chi connectivity index (χ3n) is 5.39. The highest BCUT2D eigenvalue weighted by Gasteiger charge is 2.33. The van der Waals surface area contributed by atoms with Crippen molar-refractivity contribution < 1.29 is 5.11 Å². The second-order valence-electron chi connectivity index (χ2n) is 7.10. The van der Waals surface area contributed by atoms with E-state index in [0.29, 0.717) is 16.0 Å². The summed E-state index contributed by atoms with van der Waals surface area (Å²) in [7, 11) is 0. The molecule has 2 aromatic carbocycles. The number of rotatable bonds is 5. The number of hydrogen-bond donors (Lipinski definition) is 1. The Morgan fingerprint density at radius 1 is 1.04 bits per heavy atom. The number of halogens is 2. The Morgan fingerprint density at radius 3 is 2.36 bits per heavy atom. The fourth-order valence-electron chi connectivity index (χ4n) is 3.55. The van der Waals surface area contributed by atoms with Crippen LogP contribution in [0, 0.1) is 0 Å². The molecule has 1 atom stereocenters. The number of nitrogens with zero attached hydrogens (tertiary/aromatic N) is 1. The van der Waals surface area contributed by atoms with Gasteiger partial charge < -0.3 is 10.0 Å². The van der Waals surface area contributed by atoms with Crippen LogP contribution in [0.2, 0.25) is 10.0 Å². The summed E-state index contributed by atoms with van der Waals surface area (Å²) in [5.41, 5.74) is 1.60. The average Bonchev–Trinajstić information content (AvgIpc) is 2.64. The zero-order valence-electron chi connectivity index (χ0n) is 14.6. The molecule has 0 spiro atoms. The van der Waals surface area contributed by atoms with Crippen molar-refractivity contribution in [2.24, 2.45) is 0 Å². The van der Waals surface area contributed by atoms with Gasteiger partial charge in [-0.15, -0.1) is 0 Å². The highest BCUT2D eigenvalue weighted by Crippen LogP contribution is 2.33. The van der Waals surface area contributed by atoms with Gasteiger partial charge in [-0.05, 0) is 55.0 Å². The molecule has 0 saturated carbocycles. The maximum atomic E-state index is 10.9. The Hall–Kier alpha value is -1.06. The Bertz CT molecular complexity index is 696. The largest absolute Gasteiger partial charge is 0.385 e. The van der Waals surface area contributed by atoms with Gasteiger partial charge in [0.1, 0.15) is 0 Å². The lowest BCUT2D eigenvalue weighted by atomic mass is 9.84. The predicted molar refractivity (Wildman–Crippen MR) is 106 cm³/mol. The smallest absolute Gasteiger partial charge is 0.0920 e. The van der Waals surface area contributed by atoms with Gasteiger partial charge in [0.2, 0.25) is 0 Å². The minimum Gasteiger partial charge on any atom is -0.385 e. The van der Waals surface area contributed by atoms with E-state index in [1.807, 2.05) is 42.5 Å². The standard InChI is InChI=1S/C21H25Cl2NO/c1-16(17-7-8-19(22)20(23)15-17)9-12-24-13-10-21(25,11-14-24)18-5-3-2-4-6-18/h2-8,15-16,25H,9-14H2,1H3. The topological polar surface area (TPSA) is 23.5 Å². The molecule has 1 N–H and O–H groups in total. The van der Waals surface area contributed by atoms with E-state index in [9.17, 15) is 5.11 Å². The molecule has 1 saturated heterocycles. The zero-order chi connectivity index (χ0) is 17.9.